The van der Waals surface area contributed by atoms with Crippen LogP contribution in [-0.2, 0) is 11.8 Å². The average Bonchev–Trinajstić information content (AvgIpc) is 2.52. The van der Waals surface area contributed by atoms with E-state index in [2.05, 4.69) is 10.3 Å². The van der Waals surface area contributed by atoms with Crippen molar-refractivity contribution in [2.75, 3.05) is 0 Å². The first-order valence-electron chi connectivity index (χ1n) is 4.66. The highest BCUT2D eigenvalue weighted by molar-refractivity contribution is 5.85. The van der Waals surface area contributed by atoms with E-state index in [1.54, 1.807) is 10.9 Å². The normalized spacial score (nSPS) is 23.5. The zero-order valence-electron chi connectivity index (χ0n) is 7.73. The van der Waals surface area contributed by atoms with Crippen LogP contribution in [0, 0.1) is 0 Å². The quantitative estimate of drug-likeness (QED) is 0.647. The van der Waals surface area contributed by atoms with Crippen molar-refractivity contribution in [3.05, 3.63) is 11.9 Å². The molecule has 4 heteroatoms. The van der Waals surface area contributed by atoms with Crippen LogP contribution >= 0.6 is 0 Å². The van der Waals surface area contributed by atoms with Crippen LogP contribution in [0.4, 0.5) is 0 Å². The highest BCUT2D eigenvalue weighted by Crippen LogP contribution is 2.28. The number of hydrogen-bond donors (Lipinski definition) is 0. The van der Waals surface area contributed by atoms with Gasteiger partial charge in [-0.1, -0.05) is 11.6 Å². The Morgan fingerprint density at radius 1 is 1.54 bits per heavy atom. The number of Topliss-reactive ketones (excluding diaryl/α,β-unsaturated/α-hetero) is 1. The molecule has 1 aliphatic carbocycles. The number of ketones is 1. The lowest BCUT2D eigenvalue weighted by Gasteiger charge is -2.19. The van der Waals surface area contributed by atoms with Crippen LogP contribution in [0.1, 0.15) is 37.3 Å². The van der Waals surface area contributed by atoms with E-state index in [4.69, 9.17) is 0 Å². The molecule has 1 atom stereocenters. The predicted octanol–water partition coefficient (Wildman–Crippen LogP) is 1.04. The van der Waals surface area contributed by atoms with Crippen LogP contribution < -0.4 is 0 Å². The fourth-order valence-electron chi connectivity index (χ4n) is 1.91. The second-order valence-electron chi connectivity index (χ2n) is 3.55. The lowest BCUT2D eigenvalue weighted by molar-refractivity contribution is -0.122. The van der Waals surface area contributed by atoms with Gasteiger partial charge in [0.15, 0.2) is 0 Å². The third-order valence-electron chi connectivity index (χ3n) is 2.66. The molecule has 0 spiro atoms. The van der Waals surface area contributed by atoms with Gasteiger partial charge in [0.05, 0.1) is 17.8 Å². The second-order valence-corrected chi connectivity index (χ2v) is 3.55. The molecule has 0 bridgehead atoms. The van der Waals surface area contributed by atoms with Crippen LogP contribution in [0.3, 0.4) is 0 Å². The smallest absolute Gasteiger partial charge is 0.141 e. The van der Waals surface area contributed by atoms with Crippen molar-refractivity contribution in [3.63, 3.8) is 0 Å². The van der Waals surface area contributed by atoms with Crippen LogP contribution in [0.15, 0.2) is 6.20 Å². The van der Waals surface area contributed by atoms with Crippen molar-refractivity contribution < 1.29 is 4.79 Å². The Labute approximate surface area is 76.9 Å². The van der Waals surface area contributed by atoms with E-state index in [1.165, 1.54) is 0 Å². The largest absolute Gasteiger partial charge is 0.299 e. The predicted molar refractivity (Wildman–Crippen MR) is 47.2 cm³/mol. The van der Waals surface area contributed by atoms with Crippen molar-refractivity contribution in [2.45, 2.75) is 31.6 Å². The summed E-state index contributed by atoms with van der Waals surface area (Å²) in [6.45, 7) is 0. The molecule has 0 radical (unpaired) electrons. The number of aryl methyl sites for hydroxylation is 1. The third kappa shape index (κ3) is 1.48. The summed E-state index contributed by atoms with van der Waals surface area (Å²) in [7, 11) is 1.84. The Hall–Kier alpha value is -1.19. The molecule has 0 amide bonds. The first kappa shape index (κ1) is 8.41. The summed E-state index contributed by atoms with van der Waals surface area (Å²) >= 11 is 0. The summed E-state index contributed by atoms with van der Waals surface area (Å²) in [5.41, 5.74) is 0.963. The zero-order chi connectivity index (χ0) is 9.26. The Kier molecular flexibility index (Phi) is 2.12. The van der Waals surface area contributed by atoms with E-state index in [1.807, 2.05) is 7.05 Å². The van der Waals surface area contributed by atoms with Gasteiger partial charge in [-0.05, 0) is 12.8 Å². The van der Waals surface area contributed by atoms with Gasteiger partial charge in [0, 0.05) is 13.5 Å². The molecule has 13 heavy (non-hydrogen) atoms. The van der Waals surface area contributed by atoms with Crippen molar-refractivity contribution in [1.82, 2.24) is 15.0 Å². The molecule has 1 heterocycles. The minimum Gasteiger partial charge on any atom is -0.299 e. The first-order chi connectivity index (χ1) is 6.29. The maximum Gasteiger partial charge on any atom is 0.141 e. The molecule has 4 nitrogen and oxygen atoms in total. The summed E-state index contributed by atoms with van der Waals surface area (Å²) in [5.74, 6) is 0.394. The lowest BCUT2D eigenvalue weighted by Crippen LogP contribution is -2.19. The van der Waals surface area contributed by atoms with Crippen molar-refractivity contribution in [2.24, 2.45) is 7.05 Å². The number of aromatic nitrogens is 3. The Bertz CT molecular complexity index is 318. The number of hydrogen-bond acceptors (Lipinski definition) is 3. The van der Waals surface area contributed by atoms with Crippen LogP contribution in [0.25, 0.3) is 0 Å². The SMILES string of the molecule is Cn1nncc1C1CCCCC1=O. The average molecular weight is 179 g/mol. The van der Waals surface area contributed by atoms with Crippen LogP contribution in [0.2, 0.25) is 0 Å². The van der Waals surface area contributed by atoms with Gasteiger partial charge in [-0.3, -0.25) is 9.48 Å². The van der Waals surface area contributed by atoms with E-state index < -0.39 is 0 Å². The molecule has 2 rings (SSSR count). The molecule has 0 aromatic carbocycles. The molecule has 0 N–H and O–H groups in total. The number of nitrogens with zero attached hydrogens (tertiary/aromatic N) is 3. The minimum absolute atomic E-state index is 0.0498. The van der Waals surface area contributed by atoms with Gasteiger partial charge in [0.2, 0.25) is 0 Å². The highest BCUT2D eigenvalue weighted by atomic mass is 16.1. The standard InChI is InChI=1S/C9H13N3O/c1-12-8(6-10-11-12)7-4-2-3-5-9(7)13/h6-7H,2-5H2,1H3. The Morgan fingerprint density at radius 3 is 3.00 bits per heavy atom. The first-order valence-corrected chi connectivity index (χ1v) is 4.66. The molecule has 1 fully saturated rings. The van der Waals surface area contributed by atoms with Gasteiger partial charge < -0.3 is 0 Å². The zero-order valence-corrected chi connectivity index (χ0v) is 7.73. The summed E-state index contributed by atoms with van der Waals surface area (Å²) in [5, 5.41) is 7.63. The van der Waals surface area contributed by atoms with E-state index in [0.717, 1.165) is 31.4 Å². The molecule has 1 aromatic heterocycles. The van der Waals surface area contributed by atoms with E-state index in [-0.39, 0.29) is 5.92 Å². The van der Waals surface area contributed by atoms with Crippen molar-refractivity contribution >= 4 is 5.78 Å². The van der Waals surface area contributed by atoms with Crippen molar-refractivity contribution in [1.29, 1.82) is 0 Å². The van der Waals surface area contributed by atoms with Gasteiger partial charge in [0.1, 0.15) is 5.78 Å². The van der Waals surface area contributed by atoms with Gasteiger partial charge in [-0.2, -0.15) is 0 Å². The van der Waals surface area contributed by atoms with E-state index in [9.17, 15) is 4.79 Å². The van der Waals surface area contributed by atoms with Gasteiger partial charge >= 0.3 is 0 Å². The molecular weight excluding hydrogens is 166 g/mol. The number of rotatable bonds is 1. The van der Waals surface area contributed by atoms with E-state index >= 15 is 0 Å². The fraction of sp³-hybridized carbons (Fsp3) is 0.667. The van der Waals surface area contributed by atoms with Gasteiger partial charge in [-0.15, -0.1) is 5.10 Å². The monoisotopic (exact) mass is 179 g/mol. The lowest BCUT2D eigenvalue weighted by atomic mass is 9.86. The third-order valence-corrected chi connectivity index (χ3v) is 2.66. The minimum atomic E-state index is 0.0498. The molecule has 1 unspecified atom stereocenters. The van der Waals surface area contributed by atoms with Gasteiger partial charge in [0.25, 0.3) is 0 Å². The number of carbonyl (C=O) groups excluding carboxylic acids is 1. The Morgan fingerprint density at radius 2 is 2.38 bits per heavy atom. The van der Waals surface area contributed by atoms with Crippen LogP contribution in [0.5, 0.6) is 0 Å². The van der Waals surface area contributed by atoms with Crippen LogP contribution in [-0.4, -0.2) is 20.8 Å². The summed E-state index contributed by atoms with van der Waals surface area (Å²) in [6, 6.07) is 0. The fourth-order valence-corrected chi connectivity index (χ4v) is 1.91. The molecule has 1 aromatic rings. The molecule has 0 aliphatic heterocycles. The Balaban J connectivity index is 2.24. The summed E-state index contributed by atoms with van der Waals surface area (Å²) in [6.07, 6.45) is 5.56. The van der Waals surface area contributed by atoms with E-state index in [0.29, 0.717) is 5.78 Å². The number of carbonyl (C=O) groups is 1. The molecule has 1 saturated carbocycles. The molecular formula is C9H13N3O. The molecule has 70 valence electrons. The summed E-state index contributed by atoms with van der Waals surface area (Å²) in [4.78, 5) is 11.6. The summed E-state index contributed by atoms with van der Waals surface area (Å²) < 4.78 is 1.70. The maximum atomic E-state index is 11.6. The second kappa shape index (κ2) is 3.28. The molecule has 1 aliphatic rings. The highest BCUT2D eigenvalue weighted by Gasteiger charge is 2.26. The maximum absolute atomic E-state index is 11.6. The van der Waals surface area contributed by atoms with Crippen molar-refractivity contribution in [3.8, 4) is 0 Å². The topological polar surface area (TPSA) is 47.8 Å². The van der Waals surface area contributed by atoms with Gasteiger partial charge in [-0.25, -0.2) is 0 Å². The molecule has 0 saturated heterocycles.